The van der Waals surface area contributed by atoms with Crippen LogP contribution in [0.15, 0.2) is 0 Å². The first-order valence-corrected chi connectivity index (χ1v) is 6.86. The second-order valence-corrected chi connectivity index (χ2v) is 6.74. The molecule has 0 rings (SSSR count). The van der Waals surface area contributed by atoms with Gasteiger partial charge < -0.3 is 14.7 Å². The molecule has 0 radical (unpaired) electrons. The summed E-state index contributed by atoms with van der Waals surface area (Å²) in [5, 5.41) is 2.92. The molecule has 0 aromatic heterocycles. The fraction of sp³-hybridized carbons (Fsp3) is 1.00. The number of likely N-dealkylation sites (N-methyl/N-ethyl adjacent to an activating group) is 3. The minimum Gasteiger partial charge on any atom is -0.329 e. The van der Waals surface area contributed by atoms with Gasteiger partial charge in [0.15, 0.2) is 0 Å². The number of nitrogens with zero attached hydrogens (tertiary/aromatic N) is 2. The first-order valence-electron chi connectivity index (χ1n) is 5.33. The van der Waals surface area contributed by atoms with Crippen molar-refractivity contribution in [1.29, 1.82) is 0 Å². The molecule has 0 aromatic carbocycles. The molecule has 98 valence electrons. The van der Waals surface area contributed by atoms with E-state index in [9.17, 15) is 9.46 Å². The van der Waals surface area contributed by atoms with E-state index in [1.165, 1.54) is 4.67 Å². The molecular formula is C9H25N3O3P+. The van der Waals surface area contributed by atoms with Gasteiger partial charge in [-0.1, -0.05) is 0 Å². The zero-order valence-electron chi connectivity index (χ0n) is 10.9. The lowest BCUT2D eigenvalue weighted by molar-refractivity contribution is -0.870. The number of nitrogens with one attached hydrogen (secondary N) is 1. The van der Waals surface area contributed by atoms with Gasteiger partial charge in [-0.25, -0.2) is 9.24 Å². The van der Waals surface area contributed by atoms with Crippen molar-refractivity contribution in [3.63, 3.8) is 0 Å². The Morgan fingerprint density at radius 3 is 2.44 bits per heavy atom. The molecule has 2 N–H and O–H groups in total. The van der Waals surface area contributed by atoms with Gasteiger partial charge in [0.1, 0.15) is 13.2 Å². The smallest absolute Gasteiger partial charge is 0.329 e. The number of rotatable bonds is 8. The van der Waals surface area contributed by atoms with Crippen molar-refractivity contribution >= 4 is 7.75 Å². The Balaban J connectivity index is 3.99. The predicted octanol–water partition coefficient (Wildman–Crippen LogP) is -0.0392. The van der Waals surface area contributed by atoms with E-state index < -0.39 is 7.75 Å². The number of hydrogen-bond acceptors (Lipinski definition) is 3. The zero-order valence-corrected chi connectivity index (χ0v) is 11.8. The zero-order chi connectivity index (χ0) is 12.8. The maximum absolute atomic E-state index is 11.7. The lowest BCUT2D eigenvalue weighted by Crippen LogP contribution is -2.37. The topological polar surface area (TPSA) is 61.8 Å². The Morgan fingerprint density at radius 2 is 2.00 bits per heavy atom. The standard InChI is InChI=1S/C9H24N3O3P/c1-10-6-7-11(2)16(13,14)15-9-8-12(3,4)5/h10H,6-9H2,1-5H3/p+1. The third-order valence-corrected chi connectivity index (χ3v) is 3.72. The first kappa shape index (κ1) is 16.0. The highest BCUT2D eigenvalue weighted by Gasteiger charge is 2.26. The Labute approximate surface area is 98.4 Å². The summed E-state index contributed by atoms with van der Waals surface area (Å²) in [6.45, 7) is 2.11. The molecule has 0 aliphatic heterocycles. The van der Waals surface area contributed by atoms with E-state index in [-0.39, 0.29) is 6.61 Å². The van der Waals surface area contributed by atoms with E-state index in [0.717, 1.165) is 0 Å². The van der Waals surface area contributed by atoms with Crippen LogP contribution in [0, 0.1) is 0 Å². The third kappa shape index (κ3) is 7.33. The van der Waals surface area contributed by atoms with Crippen LogP contribution < -0.4 is 5.32 Å². The second-order valence-electron chi connectivity index (χ2n) is 4.82. The molecule has 1 unspecified atom stereocenters. The molecule has 0 bridgehead atoms. The Kier molecular flexibility index (Phi) is 6.70. The average molecular weight is 254 g/mol. The van der Waals surface area contributed by atoms with Crippen LogP contribution >= 0.6 is 7.75 Å². The summed E-state index contributed by atoms with van der Waals surface area (Å²) in [4.78, 5) is 9.63. The highest BCUT2D eigenvalue weighted by atomic mass is 31.2. The molecule has 0 aliphatic rings. The van der Waals surface area contributed by atoms with E-state index in [2.05, 4.69) is 5.32 Å². The summed E-state index contributed by atoms with van der Waals surface area (Å²) >= 11 is 0. The van der Waals surface area contributed by atoms with Crippen molar-refractivity contribution in [2.24, 2.45) is 0 Å². The molecule has 0 heterocycles. The van der Waals surface area contributed by atoms with Crippen LogP contribution in [0.1, 0.15) is 0 Å². The van der Waals surface area contributed by atoms with Crippen molar-refractivity contribution in [2.75, 3.05) is 61.5 Å². The molecule has 0 amide bonds. The van der Waals surface area contributed by atoms with Crippen LogP contribution in [-0.2, 0) is 9.09 Å². The van der Waals surface area contributed by atoms with Gasteiger partial charge in [-0.05, 0) is 14.1 Å². The minimum atomic E-state index is -3.62. The van der Waals surface area contributed by atoms with E-state index in [1.54, 1.807) is 14.1 Å². The average Bonchev–Trinajstić information content (AvgIpc) is 2.11. The summed E-state index contributed by atoms with van der Waals surface area (Å²) < 4.78 is 18.8. The van der Waals surface area contributed by atoms with Crippen LogP contribution in [0.4, 0.5) is 0 Å². The molecule has 0 saturated carbocycles. The quantitative estimate of drug-likeness (QED) is 0.470. The van der Waals surface area contributed by atoms with Crippen molar-refractivity contribution in [2.45, 2.75) is 0 Å². The SMILES string of the molecule is CNCCN(C)P(=O)(O)OCC[N+](C)(C)C. The molecule has 0 fully saturated rings. The normalized spacial score (nSPS) is 16.4. The Hall–Kier alpha value is 0.0300. The summed E-state index contributed by atoms with van der Waals surface area (Å²) in [7, 11) is 5.80. The van der Waals surface area contributed by atoms with E-state index in [1.807, 2.05) is 21.1 Å². The molecule has 16 heavy (non-hydrogen) atoms. The molecule has 0 spiro atoms. The van der Waals surface area contributed by atoms with Gasteiger partial charge in [0, 0.05) is 13.1 Å². The molecule has 0 saturated heterocycles. The van der Waals surface area contributed by atoms with E-state index in [4.69, 9.17) is 4.52 Å². The molecule has 0 aromatic rings. The van der Waals surface area contributed by atoms with Gasteiger partial charge in [0.25, 0.3) is 0 Å². The van der Waals surface area contributed by atoms with Crippen molar-refractivity contribution in [1.82, 2.24) is 9.99 Å². The third-order valence-electron chi connectivity index (χ3n) is 2.14. The van der Waals surface area contributed by atoms with Crippen molar-refractivity contribution in [3.8, 4) is 0 Å². The summed E-state index contributed by atoms with van der Waals surface area (Å²) in [5.74, 6) is 0. The van der Waals surface area contributed by atoms with Gasteiger partial charge in [0.2, 0.25) is 0 Å². The number of quaternary nitrogens is 1. The molecule has 7 heteroatoms. The monoisotopic (exact) mass is 254 g/mol. The highest BCUT2D eigenvalue weighted by molar-refractivity contribution is 7.50. The molecule has 6 nitrogen and oxygen atoms in total. The lowest BCUT2D eigenvalue weighted by Gasteiger charge is -2.26. The number of hydrogen-bond donors (Lipinski definition) is 2. The highest BCUT2D eigenvalue weighted by Crippen LogP contribution is 2.44. The van der Waals surface area contributed by atoms with Gasteiger partial charge in [-0.15, -0.1) is 0 Å². The molecular weight excluding hydrogens is 229 g/mol. The second kappa shape index (κ2) is 6.69. The van der Waals surface area contributed by atoms with E-state index >= 15 is 0 Å². The molecule has 1 atom stereocenters. The predicted molar refractivity (Wildman–Crippen MR) is 65.2 cm³/mol. The largest absolute Gasteiger partial charge is 0.405 e. The fourth-order valence-electron chi connectivity index (χ4n) is 0.932. The van der Waals surface area contributed by atoms with Gasteiger partial charge in [0.05, 0.1) is 21.1 Å². The Morgan fingerprint density at radius 1 is 1.44 bits per heavy atom. The van der Waals surface area contributed by atoms with Crippen LogP contribution in [-0.4, -0.2) is 75.5 Å². The summed E-state index contributed by atoms with van der Waals surface area (Å²) in [6, 6.07) is 0. The maximum Gasteiger partial charge on any atom is 0.405 e. The fourth-order valence-corrected chi connectivity index (χ4v) is 1.80. The maximum atomic E-state index is 11.7. The van der Waals surface area contributed by atoms with Crippen LogP contribution in [0.5, 0.6) is 0 Å². The summed E-state index contributed by atoms with van der Waals surface area (Å²) in [6.07, 6.45) is 0. The van der Waals surface area contributed by atoms with Crippen LogP contribution in [0.2, 0.25) is 0 Å². The van der Waals surface area contributed by atoms with Crippen molar-refractivity contribution < 1.29 is 18.5 Å². The Bertz CT molecular complexity index is 243. The van der Waals surface area contributed by atoms with E-state index in [0.29, 0.717) is 24.1 Å². The minimum absolute atomic E-state index is 0.279. The van der Waals surface area contributed by atoms with Crippen LogP contribution in [0.3, 0.4) is 0 Å². The summed E-state index contributed by atoms with van der Waals surface area (Å²) in [5.41, 5.74) is 0. The van der Waals surface area contributed by atoms with Gasteiger partial charge in [-0.2, -0.15) is 0 Å². The van der Waals surface area contributed by atoms with Gasteiger partial charge in [-0.3, -0.25) is 4.52 Å². The van der Waals surface area contributed by atoms with Crippen molar-refractivity contribution in [3.05, 3.63) is 0 Å². The first-order chi connectivity index (χ1) is 7.19. The molecule has 0 aliphatic carbocycles. The van der Waals surface area contributed by atoms with Gasteiger partial charge >= 0.3 is 7.75 Å². The van der Waals surface area contributed by atoms with Crippen LogP contribution in [0.25, 0.3) is 0 Å². The lowest BCUT2D eigenvalue weighted by atomic mass is 10.5.